The van der Waals surface area contributed by atoms with Gasteiger partial charge in [0.05, 0.1) is 12.5 Å². The van der Waals surface area contributed by atoms with Crippen LogP contribution in [0.15, 0.2) is 18.2 Å². The zero-order valence-corrected chi connectivity index (χ0v) is 12.2. The van der Waals surface area contributed by atoms with Crippen LogP contribution in [0.5, 0.6) is 0 Å². The van der Waals surface area contributed by atoms with Crippen molar-refractivity contribution in [3.05, 3.63) is 29.6 Å². The first kappa shape index (κ1) is 13.6. The summed E-state index contributed by atoms with van der Waals surface area (Å²) in [6.45, 7) is 2.53. The van der Waals surface area contributed by atoms with Gasteiger partial charge in [-0.15, -0.1) is 0 Å². The van der Waals surface area contributed by atoms with Gasteiger partial charge < -0.3 is 4.74 Å². The second-order valence-corrected chi connectivity index (χ2v) is 6.32. The first-order valence-electron chi connectivity index (χ1n) is 7.81. The standard InChI is InChI=1S/C17H23NO2/c1-12-4-2-5-15(18-12)6-3-9-20-17(19)16-11-13-7-8-14(16)10-13/h2,4-5,13-14,16H,3,6-11H2,1H3. The number of fused-ring (bicyclic) bond motifs is 2. The minimum atomic E-state index is 0.0504. The summed E-state index contributed by atoms with van der Waals surface area (Å²) in [5.74, 6) is 1.67. The number of rotatable bonds is 5. The summed E-state index contributed by atoms with van der Waals surface area (Å²) < 4.78 is 5.46. The van der Waals surface area contributed by atoms with Gasteiger partial charge in [-0.05, 0) is 63.0 Å². The zero-order valence-electron chi connectivity index (χ0n) is 12.2. The highest BCUT2D eigenvalue weighted by atomic mass is 16.5. The molecule has 20 heavy (non-hydrogen) atoms. The van der Waals surface area contributed by atoms with Gasteiger partial charge in [-0.3, -0.25) is 9.78 Å². The van der Waals surface area contributed by atoms with Gasteiger partial charge in [0.25, 0.3) is 0 Å². The van der Waals surface area contributed by atoms with E-state index < -0.39 is 0 Å². The Labute approximate surface area is 120 Å². The lowest BCUT2D eigenvalue weighted by atomic mass is 9.89. The molecule has 0 saturated heterocycles. The van der Waals surface area contributed by atoms with Crippen LogP contribution >= 0.6 is 0 Å². The van der Waals surface area contributed by atoms with Crippen molar-refractivity contribution in [1.29, 1.82) is 0 Å². The second-order valence-electron chi connectivity index (χ2n) is 6.32. The molecular formula is C17H23NO2. The van der Waals surface area contributed by atoms with Crippen LogP contribution in [-0.2, 0) is 16.0 Å². The third-order valence-corrected chi connectivity index (χ3v) is 4.81. The molecule has 2 aliphatic rings. The van der Waals surface area contributed by atoms with E-state index in [1.165, 1.54) is 19.3 Å². The van der Waals surface area contributed by atoms with Crippen LogP contribution in [0.2, 0.25) is 0 Å². The van der Waals surface area contributed by atoms with Crippen LogP contribution in [0.1, 0.15) is 43.5 Å². The van der Waals surface area contributed by atoms with E-state index in [-0.39, 0.29) is 11.9 Å². The third-order valence-electron chi connectivity index (χ3n) is 4.81. The Bertz CT molecular complexity index is 486. The number of carbonyl (C=O) groups is 1. The van der Waals surface area contributed by atoms with Crippen LogP contribution in [0, 0.1) is 24.7 Å². The minimum absolute atomic E-state index is 0.0504. The molecule has 3 nitrogen and oxygen atoms in total. The molecule has 2 fully saturated rings. The molecule has 0 radical (unpaired) electrons. The van der Waals surface area contributed by atoms with Gasteiger partial charge in [0.15, 0.2) is 0 Å². The topological polar surface area (TPSA) is 39.2 Å². The molecule has 0 spiro atoms. The largest absolute Gasteiger partial charge is 0.465 e. The van der Waals surface area contributed by atoms with Crippen LogP contribution in [-0.4, -0.2) is 17.6 Å². The molecular weight excluding hydrogens is 250 g/mol. The first-order valence-corrected chi connectivity index (χ1v) is 7.81. The molecule has 2 bridgehead atoms. The van der Waals surface area contributed by atoms with Crippen molar-refractivity contribution in [2.24, 2.45) is 17.8 Å². The molecule has 0 amide bonds. The SMILES string of the molecule is Cc1cccc(CCCOC(=O)C2CC3CCC2C3)n1. The fourth-order valence-corrected chi connectivity index (χ4v) is 3.81. The predicted molar refractivity (Wildman–Crippen MR) is 77.2 cm³/mol. The summed E-state index contributed by atoms with van der Waals surface area (Å²) in [5.41, 5.74) is 2.13. The van der Waals surface area contributed by atoms with Crippen LogP contribution in [0.4, 0.5) is 0 Å². The molecule has 0 aliphatic heterocycles. The van der Waals surface area contributed by atoms with Gasteiger partial charge in [0.2, 0.25) is 0 Å². The Kier molecular flexibility index (Phi) is 4.04. The normalized spacial score (nSPS) is 27.8. The summed E-state index contributed by atoms with van der Waals surface area (Å²) >= 11 is 0. The van der Waals surface area contributed by atoms with Gasteiger partial charge in [-0.1, -0.05) is 12.5 Å². The van der Waals surface area contributed by atoms with E-state index in [1.54, 1.807) is 0 Å². The monoisotopic (exact) mass is 273 g/mol. The van der Waals surface area contributed by atoms with E-state index in [9.17, 15) is 4.79 Å². The molecule has 0 N–H and O–H groups in total. The van der Waals surface area contributed by atoms with Crippen molar-refractivity contribution in [3.8, 4) is 0 Å². The highest BCUT2D eigenvalue weighted by molar-refractivity contribution is 5.73. The van der Waals surface area contributed by atoms with Crippen LogP contribution in [0.3, 0.4) is 0 Å². The number of carbonyl (C=O) groups excluding carboxylic acids is 1. The number of nitrogens with zero attached hydrogens (tertiary/aromatic N) is 1. The number of aromatic nitrogens is 1. The highest BCUT2D eigenvalue weighted by Gasteiger charge is 2.43. The zero-order chi connectivity index (χ0) is 13.9. The fourth-order valence-electron chi connectivity index (χ4n) is 3.81. The molecule has 1 heterocycles. The van der Waals surface area contributed by atoms with E-state index >= 15 is 0 Å². The molecule has 3 unspecified atom stereocenters. The minimum Gasteiger partial charge on any atom is -0.465 e. The molecule has 1 aromatic rings. The average molecular weight is 273 g/mol. The van der Waals surface area contributed by atoms with E-state index in [1.807, 2.05) is 25.1 Å². The molecule has 108 valence electrons. The van der Waals surface area contributed by atoms with Crippen molar-refractivity contribution in [2.45, 2.75) is 45.4 Å². The summed E-state index contributed by atoms with van der Waals surface area (Å²) in [6.07, 6.45) is 6.63. The lowest BCUT2D eigenvalue weighted by Gasteiger charge is -2.19. The Morgan fingerprint density at radius 2 is 2.25 bits per heavy atom. The van der Waals surface area contributed by atoms with E-state index in [0.717, 1.165) is 36.6 Å². The van der Waals surface area contributed by atoms with Crippen molar-refractivity contribution in [1.82, 2.24) is 4.98 Å². The maximum absolute atomic E-state index is 12.1. The molecule has 1 aromatic heterocycles. The molecule has 3 atom stereocenters. The number of esters is 1. The van der Waals surface area contributed by atoms with Crippen molar-refractivity contribution < 1.29 is 9.53 Å². The Hall–Kier alpha value is -1.38. The summed E-state index contributed by atoms with van der Waals surface area (Å²) in [4.78, 5) is 16.5. The van der Waals surface area contributed by atoms with E-state index in [2.05, 4.69) is 4.98 Å². The van der Waals surface area contributed by atoms with Gasteiger partial charge in [0, 0.05) is 11.4 Å². The summed E-state index contributed by atoms with van der Waals surface area (Å²) in [5, 5.41) is 0. The van der Waals surface area contributed by atoms with Gasteiger partial charge >= 0.3 is 5.97 Å². The Morgan fingerprint density at radius 3 is 2.95 bits per heavy atom. The average Bonchev–Trinajstić information content (AvgIpc) is 3.06. The van der Waals surface area contributed by atoms with E-state index in [0.29, 0.717) is 12.5 Å². The molecule has 2 saturated carbocycles. The second kappa shape index (κ2) is 5.94. The first-order chi connectivity index (χ1) is 9.72. The van der Waals surface area contributed by atoms with Gasteiger partial charge in [-0.25, -0.2) is 0 Å². The van der Waals surface area contributed by atoms with Gasteiger partial charge in [0.1, 0.15) is 0 Å². The number of aryl methyl sites for hydroxylation is 2. The molecule has 2 aliphatic carbocycles. The highest BCUT2D eigenvalue weighted by Crippen LogP contribution is 2.48. The van der Waals surface area contributed by atoms with Crippen LogP contribution < -0.4 is 0 Å². The molecule has 3 heteroatoms. The third kappa shape index (κ3) is 3.02. The maximum atomic E-state index is 12.1. The van der Waals surface area contributed by atoms with Crippen LogP contribution in [0.25, 0.3) is 0 Å². The lowest BCUT2D eigenvalue weighted by Crippen LogP contribution is -2.23. The molecule has 3 rings (SSSR count). The quantitative estimate of drug-likeness (QED) is 0.610. The van der Waals surface area contributed by atoms with Gasteiger partial charge in [-0.2, -0.15) is 0 Å². The summed E-state index contributed by atoms with van der Waals surface area (Å²) in [7, 11) is 0. The number of hydrogen-bond acceptors (Lipinski definition) is 3. The van der Waals surface area contributed by atoms with Crippen molar-refractivity contribution in [2.75, 3.05) is 6.61 Å². The Morgan fingerprint density at radius 1 is 1.35 bits per heavy atom. The Balaban J connectivity index is 1.38. The number of pyridine rings is 1. The lowest BCUT2D eigenvalue weighted by molar-refractivity contribution is -0.150. The maximum Gasteiger partial charge on any atom is 0.309 e. The predicted octanol–water partition coefficient (Wildman–Crippen LogP) is 3.30. The smallest absolute Gasteiger partial charge is 0.309 e. The number of ether oxygens (including phenoxy) is 1. The van der Waals surface area contributed by atoms with E-state index in [4.69, 9.17) is 4.74 Å². The summed E-state index contributed by atoms with van der Waals surface area (Å²) in [6, 6.07) is 6.06. The van der Waals surface area contributed by atoms with Crippen molar-refractivity contribution in [3.63, 3.8) is 0 Å². The fraction of sp³-hybridized carbons (Fsp3) is 0.647. The number of hydrogen-bond donors (Lipinski definition) is 0. The molecule has 0 aromatic carbocycles. The van der Waals surface area contributed by atoms with Crippen molar-refractivity contribution >= 4 is 5.97 Å².